The molecular weight excluding hydrogens is 331 g/mol. The summed E-state index contributed by atoms with van der Waals surface area (Å²) in [4.78, 5) is 9.98. The Morgan fingerprint density at radius 1 is 1.00 bits per heavy atom. The number of hydrogen-bond donors (Lipinski definition) is 0. The lowest BCUT2D eigenvalue weighted by Gasteiger charge is -2.04. The molecule has 4 aromatic rings. The van der Waals surface area contributed by atoms with Crippen molar-refractivity contribution in [1.82, 2.24) is 9.97 Å². The fourth-order valence-electron chi connectivity index (χ4n) is 2.07. The molecule has 1 aromatic carbocycles. The van der Waals surface area contributed by atoms with Crippen LogP contribution in [-0.2, 0) is 0 Å². The van der Waals surface area contributed by atoms with Gasteiger partial charge >= 0.3 is 0 Å². The molecule has 0 aliphatic rings. The maximum Gasteiger partial charge on any atom is 0.171 e. The first-order valence-electron chi connectivity index (χ1n) is 5.81. The maximum absolute atomic E-state index is 6.25. The van der Waals surface area contributed by atoms with Crippen LogP contribution >= 0.6 is 45.9 Å². The number of hydrogen-bond acceptors (Lipinski definition) is 4. The van der Waals surface area contributed by atoms with Crippen LogP contribution in [-0.4, -0.2) is 9.97 Å². The van der Waals surface area contributed by atoms with Crippen LogP contribution in [0.4, 0.5) is 0 Å². The molecular formula is C14H6Cl2N2S2. The van der Waals surface area contributed by atoms with Crippen molar-refractivity contribution in [2.45, 2.75) is 0 Å². The van der Waals surface area contributed by atoms with Crippen LogP contribution in [0.2, 0.25) is 10.2 Å². The zero-order chi connectivity index (χ0) is 13.7. The van der Waals surface area contributed by atoms with Gasteiger partial charge in [-0.3, -0.25) is 0 Å². The predicted molar refractivity (Wildman–Crippen MR) is 88.3 cm³/mol. The van der Waals surface area contributed by atoms with Gasteiger partial charge in [0.05, 0.1) is 15.4 Å². The topological polar surface area (TPSA) is 25.8 Å². The highest BCUT2D eigenvalue weighted by Gasteiger charge is 2.12. The molecule has 6 heteroatoms. The molecule has 4 rings (SSSR count). The molecule has 0 radical (unpaired) electrons. The minimum Gasteiger partial charge on any atom is -0.226 e. The third kappa shape index (κ3) is 1.91. The van der Waals surface area contributed by atoms with Crippen molar-refractivity contribution in [3.63, 3.8) is 0 Å². The summed E-state index contributed by atoms with van der Waals surface area (Å²) in [5, 5.41) is 3.88. The van der Waals surface area contributed by atoms with E-state index in [2.05, 4.69) is 27.5 Å². The fraction of sp³-hybridized carbons (Fsp3) is 0. The predicted octanol–water partition coefficient (Wildman–Crippen LogP) is 5.88. The molecule has 0 bridgehead atoms. The molecule has 98 valence electrons. The van der Waals surface area contributed by atoms with E-state index in [-0.39, 0.29) is 0 Å². The minimum atomic E-state index is 0.434. The second kappa shape index (κ2) is 4.67. The van der Waals surface area contributed by atoms with Crippen LogP contribution < -0.4 is 0 Å². The number of thiophene rings is 2. The maximum atomic E-state index is 6.25. The zero-order valence-electron chi connectivity index (χ0n) is 9.93. The van der Waals surface area contributed by atoms with Gasteiger partial charge < -0.3 is 0 Å². The van der Waals surface area contributed by atoms with Gasteiger partial charge in [0.1, 0.15) is 5.15 Å². The quantitative estimate of drug-likeness (QED) is 0.405. The number of aromatic nitrogens is 2. The number of fused-ring (bicyclic) bond motifs is 2. The number of nitrogens with zero attached hydrogens (tertiary/aromatic N) is 2. The summed E-state index contributed by atoms with van der Waals surface area (Å²) in [5.41, 5.74) is 0.695. The Morgan fingerprint density at radius 2 is 1.90 bits per heavy atom. The van der Waals surface area contributed by atoms with E-state index >= 15 is 0 Å². The normalized spacial score (nSPS) is 11.5. The van der Waals surface area contributed by atoms with Gasteiger partial charge in [-0.1, -0.05) is 29.3 Å². The van der Waals surface area contributed by atoms with E-state index < -0.39 is 0 Å². The second-order valence-corrected chi connectivity index (χ2v) is 7.03. The average molecular weight is 337 g/mol. The second-order valence-electron chi connectivity index (χ2n) is 4.23. The molecule has 0 amide bonds. The Labute approximate surface area is 132 Å². The molecule has 0 saturated heterocycles. The molecule has 0 N–H and O–H groups in total. The molecule has 3 heterocycles. The van der Waals surface area contributed by atoms with Crippen LogP contribution in [0.3, 0.4) is 0 Å². The van der Waals surface area contributed by atoms with Gasteiger partial charge in [-0.2, -0.15) is 0 Å². The Hall–Kier alpha value is -1.20. The van der Waals surface area contributed by atoms with Crippen molar-refractivity contribution in [1.29, 1.82) is 0 Å². The van der Waals surface area contributed by atoms with Crippen LogP contribution in [0.15, 0.2) is 35.7 Å². The van der Waals surface area contributed by atoms with Gasteiger partial charge in [0, 0.05) is 14.8 Å². The molecule has 0 aliphatic heterocycles. The van der Waals surface area contributed by atoms with E-state index in [9.17, 15) is 0 Å². The number of rotatable bonds is 1. The number of para-hydroxylation sites is 1. The zero-order valence-corrected chi connectivity index (χ0v) is 13.1. The summed E-state index contributed by atoms with van der Waals surface area (Å²) in [7, 11) is 0. The standard InChI is InChI=1S/C14H6Cl2N2S2/c15-8-3-1-2-7-12(8)17-14(18-13(7)16)11-6-10-9(20-11)4-5-19-10/h1-6H. The summed E-state index contributed by atoms with van der Waals surface area (Å²) in [6.07, 6.45) is 0. The number of halogens is 2. The summed E-state index contributed by atoms with van der Waals surface area (Å²) >= 11 is 15.8. The molecule has 20 heavy (non-hydrogen) atoms. The minimum absolute atomic E-state index is 0.434. The first kappa shape index (κ1) is 12.5. The van der Waals surface area contributed by atoms with E-state index in [0.717, 1.165) is 10.3 Å². The van der Waals surface area contributed by atoms with Gasteiger partial charge in [-0.25, -0.2) is 9.97 Å². The van der Waals surface area contributed by atoms with Crippen molar-refractivity contribution in [2.24, 2.45) is 0 Å². The van der Waals surface area contributed by atoms with Gasteiger partial charge in [0.2, 0.25) is 0 Å². The smallest absolute Gasteiger partial charge is 0.171 e. The van der Waals surface area contributed by atoms with Gasteiger partial charge in [-0.05, 0) is 29.6 Å². The van der Waals surface area contributed by atoms with Crippen LogP contribution in [0.25, 0.3) is 31.0 Å². The molecule has 0 atom stereocenters. The first-order chi connectivity index (χ1) is 9.72. The van der Waals surface area contributed by atoms with E-state index in [1.807, 2.05) is 18.2 Å². The monoisotopic (exact) mass is 336 g/mol. The van der Waals surface area contributed by atoms with Crippen molar-refractivity contribution in [2.75, 3.05) is 0 Å². The molecule has 0 unspecified atom stereocenters. The van der Waals surface area contributed by atoms with E-state index in [1.165, 1.54) is 9.40 Å². The SMILES string of the molecule is Clc1nc(-c2cc3sccc3s2)nc2c(Cl)cccc12. The Morgan fingerprint density at radius 3 is 2.75 bits per heavy atom. The molecule has 3 aromatic heterocycles. The van der Waals surface area contributed by atoms with Crippen LogP contribution in [0, 0.1) is 0 Å². The van der Waals surface area contributed by atoms with E-state index in [1.54, 1.807) is 22.7 Å². The average Bonchev–Trinajstić information content (AvgIpc) is 3.00. The van der Waals surface area contributed by atoms with Gasteiger partial charge in [0.15, 0.2) is 5.82 Å². The van der Waals surface area contributed by atoms with Crippen molar-refractivity contribution >= 4 is 66.2 Å². The van der Waals surface area contributed by atoms with Crippen molar-refractivity contribution < 1.29 is 0 Å². The highest BCUT2D eigenvalue weighted by molar-refractivity contribution is 7.28. The van der Waals surface area contributed by atoms with Gasteiger partial charge in [-0.15, -0.1) is 22.7 Å². The van der Waals surface area contributed by atoms with E-state index in [0.29, 0.717) is 21.5 Å². The molecule has 0 spiro atoms. The lowest BCUT2D eigenvalue weighted by Crippen LogP contribution is -1.90. The van der Waals surface area contributed by atoms with Crippen LogP contribution in [0.1, 0.15) is 0 Å². The fourth-order valence-corrected chi connectivity index (χ4v) is 4.56. The lowest BCUT2D eigenvalue weighted by molar-refractivity contribution is 1.24. The third-order valence-electron chi connectivity index (χ3n) is 2.99. The summed E-state index contributed by atoms with van der Waals surface area (Å²) in [6, 6.07) is 9.73. The largest absolute Gasteiger partial charge is 0.226 e. The molecule has 0 saturated carbocycles. The van der Waals surface area contributed by atoms with E-state index in [4.69, 9.17) is 23.2 Å². The van der Waals surface area contributed by atoms with Gasteiger partial charge in [0.25, 0.3) is 0 Å². The summed E-state index contributed by atoms with van der Waals surface area (Å²) in [6.45, 7) is 0. The molecule has 2 nitrogen and oxygen atoms in total. The Balaban J connectivity index is 2.00. The molecule has 0 fully saturated rings. The third-order valence-corrected chi connectivity index (χ3v) is 5.67. The first-order valence-corrected chi connectivity index (χ1v) is 8.27. The Kier molecular flexibility index (Phi) is 2.93. The number of benzene rings is 1. The molecule has 0 aliphatic carbocycles. The van der Waals surface area contributed by atoms with Crippen molar-refractivity contribution in [3.05, 3.63) is 45.9 Å². The van der Waals surface area contributed by atoms with Crippen LogP contribution in [0.5, 0.6) is 0 Å². The Bertz CT molecular complexity index is 914. The highest BCUT2D eigenvalue weighted by atomic mass is 35.5. The highest BCUT2D eigenvalue weighted by Crippen LogP contribution is 2.36. The lowest BCUT2D eigenvalue weighted by atomic mass is 10.2. The van der Waals surface area contributed by atoms with Crippen molar-refractivity contribution in [3.8, 4) is 10.7 Å². The summed E-state index contributed by atoms with van der Waals surface area (Å²) in [5.74, 6) is 0.629. The summed E-state index contributed by atoms with van der Waals surface area (Å²) < 4.78 is 2.48.